The Kier molecular flexibility index (Phi) is 7.67. The number of hydrogen-bond acceptors (Lipinski definition) is 4. The molecule has 124 valence electrons. The van der Waals surface area contributed by atoms with Crippen LogP contribution in [0.2, 0.25) is 0 Å². The molecule has 0 aromatic heterocycles. The molecule has 0 aromatic carbocycles. The van der Waals surface area contributed by atoms with Crippen molar-refractivity contribution in [3.05, 3.63) is 0 Å². The molecule has 4 heteroatoms. The van der Waals surface area contributed by atoms with Crippen LogP contribution in [0.4, 0.5) is 0 Å². The summed E-state index contributed by atoms with van der Waals surface area (Å²) in [6.45, 7) is 12.1. The van der Waals surface area contributed by atoms with E-state index in [2.05, 4.69) is 33.0 Å². The van der Waals surface area contributed by atoms with Gasteiger partial charge in [0, 0.05) is 0 Å². The lowest BCUT2D eigenvalue weighted by Crippen LogP contribution is -2.59. The van der Waals surface area contributed by atoms with E-state index in [0.717, 1.165) is 32.2 Å². The van der Waals surface area contributed by atoms with Crippen LogP contribution < -0.4 is 5.32 Å². The minimum atomic E-state index is -0.642. The molecule has 0 aliphatic heterocycles. The Hall–Kier alpha value is -0.610. The van der Waals surface area contributed by atoms with Crippen molar-refractivity contribution in [2.24, 2.45) is 11.8 Å². The van der Waals surface area contributed by atoms with E-state index in [1.165, 1.54) is 0 Å². The fourth-order valence-corrected chi connectivity index (χ4v) is 2.80. The van der Waals surface area contributed by atoms with Crippen LogP contribution in [0.25, 0.3) is 0 Å². The van der Waals surface area contributed by atoms with Crippen LogP contribution in [0.3, 0.4) is 0 Å². The number of carbonyl (C=O) groups is 1. The van der Waals surface area contributed by atoms with Gasteiger partial charge >= 0.3 is 5.97 Å². The van der Waals surface area contributed by atoms with Crippen molar-refractivity contribution in [2.75, 3.05) is 19.8 Å². The zero-order chi connectivity index (χ0) is 15.9. The molecule has 1 aliphatic carbocycles. The Morgan fingerprint density at radius 1 is 1.29 bits per heavy atom. The lowest BCUT2D eigenvalue weighted by Gasteiger charge is -2.33. The van der Waals surface area contributed by atoms with E-state index in [1.54, 1.807) is 0 Å². The molecule has 2 unspecified atom stereocenters. The van der Waals surface area contributed by atoms with Crippen molar-refractivity contribution in [1.29, 1.82) is 0 Å². The Morgan fingerprint density at radius 2 is 1.95 bits per heavy atom. The molecule has 0 heterocycles. The molecule has 0 bridgehead atoms. The van der Waals surface area contributed by atoms with Gasteiger partial charge in [-0.25, -0.2) is 4.79 Å². The highest BCUT2D eigenvalue weighted by molar-refractivity contribution is 5.82. The molecule has 1 fully saturated rings. The monoisotopic (exact) mass is 299 g/mol. The highest BCUT2D eigenvalue weighted by Gasteiger charge is 2.52. The molecular weight excluding hydrogens is 266 g/mol. The molecule has 0 saturated heterocycles. The Bertz CT molecular complexity index is 315. The number of carbonyl (C=O) groups excluding carboxylic acids is 1. The molecule has 0 spiro atoms. The van der Waals surface area contributed by atoms with Crippen LogP contribution in [-0.2, 0) is 14.3 Å². The van der Waals surface area contributed by atoms with E-state index in [4.69, 9.17) is 9.47 Å². The first-order valence-corrected chi connectivity index (χ1v) is 8.50. The predicted octanol–water partition coefficient (Wildman–Crippen LogP) is 3.15. The van der Waals surface area contributed by atoms with Crippen molar-refractivity contribution in [3.8, 4) is 0 Å². The summed E-state index contributed by atoms with van der Waals surface area (Å²) >= 11 is 0. The number of nitrogens with one attached hydrogen (secondary N) is 1. The third-order valence-electron chi connectivity index (χ3n) is 4.00. The second kappa shape index (κ2) is 8.74. The van der Waals surface area contributed by atoms with Gasteiger partial charge in [0.1, 0.15) is 5.54 Å². The topological polar surface area (TPSA) is 47.6 Å². The van der Waals surface area contributed by atoms with Gasteiger partial charge in [-0.2, -0.15) is 0 Å². The van der Waals surface area contributed by atoms with E-state index < -0.39 is 5.54 Å². The van der Waals surface area contributed by atoms with Crippen LogP contribution >= 0.6 is 0 Å². The van der Waals surface area contributed by atoms with Crippen LogP contribution in [0.1, 0.15) is 60.3 Å². The maximum absolute atomic E-state index is 12.5. The summed E-state index contributed by atoms with van der Waals surface area (Å²) < 4.78 is 11.4. The van der Waals surface area contributed by atoms with Crippen molar-refractivity contribution in [1.82, 2.24) is 5.32 Å². The average molecular weight is 299 g/mol. The fourth-order valence-electron chi connectivity index (χ4n) is 2.80. The van der Waals surface area contributed by atoms with Gasteiger partial charge in [-0.15, -0.1) is 0 Å². The Balaban J connectivity index is 2.71. The van der Waals surface area contributed by atoms with Gasteiger partial charge in [0.2, 0.25) is 0 Å². The maximum Gasteiger partial charge on any atom is 0.329 e. The minimum absolute atomic E-state index is 0.141. The second-order valence-electron chi connectivity index (χ2n) is 6.64. The molecule has 4 nitrogen and oxygen atoms in total. The van der Waals surface area contributed by atoms with Gasteiger partial charge in [0.25, 0.3) is 0 Å². The van der Waals surface area contributed by atoms with E-state index in [9.17, 15) is 4.79 Å². The quantitative estimate of drug-likeness (QED) is 0.595. The highest BCUT2D eigenvalue weighted by Crippen LogP contribution is 2.41. The zero-order valence-corrected chi connectivity index (χ0v) is 14.4. The lowest BCUT2D eigenvalue weighted by molar-refractivity contribution is -0.156. The molecular formula is C17H33NO3. The van der Waals surface area contributed by atoms with Gasteiger partial charge in [0.05, 0.1) is 19.3 Å². The fraction of sp³-hybridized carbons (Fsp3) is 0.941. The molecule has 21 heavy (non-hydrogen) atoms. The van der Waals surface area contributed by atoms with E-state index in [0.29, 0.717) is 25.0 Å². The molecule has 0 aromatic rings. The van der Waals surface area contributed by atoms with Crippen LogP contribution in [0.5, 0.6) is 0 Å². The number of ether oxygens (including phenoxy) is 2. The minimum Gasteiger partial charge on any atom is -0.465 e. The van der Waals surface area contributed by atoms with Crippen LogP contribution in [0, 0.1) is 11.8 Å². The zero-order valence-electron chi connectivity index (χ0n) is 14.4. The lowest BCUT2D eigenvalue weighted by atomic mass is 9.93. The molecule has 1 saturated carbocycles. The van der Waals surface area contributed by atoms with Crippen LogP contribution in [-0.4, -0.2) is 37.4 Å². The summed E-state index contributed by atoms with van der Waals surface area (Å²) in [5, 5.41) is 3.44. The van der Waals surface area contributed by atoms with Gasteiger partial charge in [-0.3, -0.25) is 5.32 Å². The predicted molar refractivity (Wildman–Crippen MR) is 85.3 cm³/mol. The van der Waals surface area contributed by atoms with E-state index >= 15 is 0 Å². The van der Waals surface area contributed by atoms with Crippen molar-refractivity contribution < 1.29 is 14.3 Å². The summed E-state index contributed by atoms with van der Waals surface area (Å²) in [6.07, 6.45) is 4.34. The van der Waals surface area contributed by atoms with E-state index in [1.807, 2.05) is 6.92 Å². The largest absolute Gasteiger partial charge is 0.465 e. The van der Waals surface area contributed by atoms with Crippen molar-refractivity contribution in [2.45, 2.75) is 71.9 Å². The van der Waals surface area contributed by atoms with Gasteiger partial charge < -0.3 is 9.47 Å². The van der Waals surface area contributed by atoms with Crippen molar-refractivity contribution in [3.63, 3.8) is 0 Å². The number of rotatable bonds is 11. The van der Waals surface area contributed by atoms with Gasteiger partial charge in [0.15, 0.2) is 0 Å². The molecule has 2 atom stereocenters. The first-order chi connectivity index (χ1) is 9.96. The average Bonchev–Trinajstić information content (AvgIpc) is 3.23. The summed E-state index contributed by atoms with van der Waals surface area (Å²) in [6, 6.07) is 0. The SMILES string of the molecule is CCCNC(COC(C)CC(C)C)(C(=O)OCC)C1CC1. The molecule has 1 rings (SSSR count). The van der Waals surface area contributed by atoms with Gasteiger partial charge in [-0.1, -0.05) is 20.8 Å². The molecule has 1 N–H and O–H groups in total. The summed E-state index contributed by atoms with van der Waals surface area (Å²) in [5.74, 6) is 0.813. The highest BCUT2D eigenvalue weighted by atomic mass is 16.5. The summed E-state index contributed by atoms with van der Waals surface area (Å²) in [7, 11) is 0. The first kappa shape index (κ1) is 18.4. The molecule has 0 radical (unpaired) electrons. The smallest absolute Gasteiger partial charge is 0.329 e. The van der Waals surface area contributed by atoms with E-state index in [-0.39, 0.29) is 12.1 Å². The standard InChI is InChI=1S/C17H33NO3/c1-6-10-18-17(15-8-9-15,16(19)20-7-2)12-21-14(5)11-13(3)4/h13-15,18H,6-12H2,1-5H3. The first-order valence-electron chi connectivity index (χ1n) is 8.50. The third-order valence-corrected chi connectivity index (χ3v) is 4.00. The van der Waals surface area contributed by atoms with Gasteiger partial charge in [-0.05, 0) is 57.9 Å². The maximum atomic E-state index is 12.5. The van der Waals surface area contributed by atoms with Crippen molar-refractivity contribution >= 4 is 5.97 Å². The molecule has 1 aliphatic rings. The normalized spacial score (nSPS) is 19.3. The number of hydrogen-bond donors (Lipinski definition) is 1. The van der Waals surface area contributed by atoms with Crippen LogP contribution in [0.15, 0.2) is 0 Å². The Morgan fingerprint density at radius 3 is 2.43 bits per heavy atom. The summed E-state index contributed by atoms with van der Waals surface area (Å²) in [4.78, 5) is 12.5. The Labute approximate surface area is 130 Å². The summed E-state index contributed by atoms with van der Waals surface area (Å²) in [5.41, 5.74) is -0.642. The molecule has 0 amide bonds. The third kappa shape index (κ3) is 5.59. The second-order valence-corrected chi connectivity index (χ2v) is 6.64. The number of esters is 1.